The first-order valence-electron chi connectivity index (χ1n) is 6.64. The monoisotopic (exact) mass is 334 g/mol. The molecule has 2 rings (SSSR count). The maximum atomic E-state index is 10.5. The van der Waals surface area contributed by atoms with Crippen molar-refractivity contribution in [2.75, 3.05) is 7.11 Å². The largest absolute Gasteiger partial charge is 0.497 e. The second-order valence-electron chi connectivity index (χ2n) is 5.11. The zero-order chi connectivity index (χ0) is 14.7. The number of aliphatic hydroxyl groups excluding tert-OH is 1. The van der Waals surface area contributed by atoms with Crippen molar-refractivity contribution in [3.63, 3.8) is 0 Å². The Morgan fingerprint density at radius 2 is 1.60 bits per heavy atom. The van der Waals surface area contributed by atoms with E-state index in [-0.39, 0.29) is 0 Å². The van der Waals surface area contributed by atoms with Crippen LogP contribution in [-0.2, 0) is 0 Å². The van der Waals surface area contributed by atoms with Crippen molar-refractivity contribution in [3.05, 3.63) is 63.6 Å². The van der Waals surface area contributed by atoms with E-state index >= 15 is 0 Å². The molecule has 0 spiro atoms. The zero-order valence-corrected chi connectivity index (χ0v) is 13.5. The lowest BCUT2D eigenvalue weighted by atomic mass is 9.97. The molecule has 20 heavy (non-hydrogen) atoms. The van der Waals surface area contributed by atoms with Gasteiger partial charge in [0.15, 0.2) is 0 Å². The molecule has 1 N–H and O–H groups in total. The lowest BCUT2D eigenvalue weighted by molar-refractivity contribution is 0.219. The predicted octanol–water partition coefficient (Wildman–Crippen LogP) is 4.66. The van der Waals surface area contributed by atoms with Crippen molar-refractivity contribution in [2.24, 2.45) is 0 Å². The molecule has 0 radical (unpaired) electrons. The number of ether oxygens (including phenoxy) is 1. The maximum Gasteiger partial charge on any atom is 0.119 e. The van der Waals surface area contributed by atoms with Crippen molar-refractivity contribution in [1.82, 2.24) is 0 Å². The van der Waals surface area contributed by atoms with Gasteiger partial charge in [-0.25, -0.2) is 0 Å². The number of aliphatic hydroxyl groups is 1. The average Bonchev–Trinajstić information content (AvgIpc) is 2.47. The zero-order valence-electron chi connectivity index (χ0n) is 11.9. The van der Waals surface area contributed by atoms with E-state index in [1.165, 1.54) is 5.56 Å². The maximum absolute atomic E-state index is 10.5. The minimum atomic E-state index is -0.666. The first-order valence-corrected chi connectivity index (χ1v) is 7.43. The van der Waals surface area contributed by atoms with Crippen molar-refractivity contribution >= 4 is 15.9 Å². The van der Waals surface area contributed by atoms with Gasteiger partial charge in [0.1, 0.15) is 11.9 Å². The minimum Gasteiger partial charge on any atom is -0.497 e. The van der Waals surface area contributed by atoms with Crippen molar-refractivity contribution < 1.29 is 9.84 Å². The number of benzene rings is 2. The third-order valence-corrected chi connectivity index (χ3v) is 4.14. The Kier molecular flexibility index (Phi) is 4.84. The van der Waals surface area contributed by atoms with Crippen LogP contribution in [0.1, 0.15) is 42.6 Å². The average molecular weight is 335 g/mol. The summed E-state index contributed by atoms with van der Waals surface area (Å²) in [7, 11) is 1.62. The molecule has 2 aromatic rings. The Balaban J connectivity index is 2.33. The Hall–Kier alpha value is -1.32. The lowest BCUT2D eigenvalue weighted by Gasteiger charge is -2.15. The molecule has 0 heterocycles. The molecule has 1 atom stereocenters. The van der Waals surface area contributed by atoms with Crippen LogP contribution >= 0.6 is 15.9 Å². The highest BCUT2D eigenvalue weighted by Crippen LogP contribution is 2.32. The summed E-state index contributed by atoms with van der Waals surface area (Å²) in [6.07, 6.45) is -0.666. The summed E-state index contributed by atoms with van der Waals surface area (Å²) in [6.45, 7) is 4.31. The molecule has 0 saturated carbocycles. The Morgan fingerprint density at radius 3 is 2.15 bits per heavy atom. The molecule has 0 amide bonds. The molecule has 0 aliphatic carbocycles. The van der Waals surface area contributed by atoms with Gasteiger partial charge in [0.05, 0.1) is 7.11 Å². The highest BCUT2D eigenvalue weighted by Gasteiger charge is 2.15. The lowest BCUT2D eigenvalue weighted by Crippen LogP contribution is -2.02. The standard InChI is InChI=1S/C17H19BrO2/c1-11(2)12-4-6-13(7-5-12)17(19)15-10-14(20-3)8-9-16(15)18/h4-11,17,19H,1-3H3. The van der Waals surface area contributed by atoms with Gasteiger partial charge in [-0.2, -0.15) is 0 Å². The summed E-state index contributed by atoms with van der Waals surface area (Å²) < 4.78 is 6.09. The number of rotatable bonds is 4. The van der Waals surface area contributed by atoms with Crippen LogP contribution in [0.3, 0.4) is 0 Å². The van der Waals surface area contributed by atoms with E-state index in [0.717, 1.165) is 21.3 Å². The fourth-order valence-corrected chi connectivity index (χ4v) is 2.56. The van der Waals surface area contributed by atoms with E-state index in [2.05, 4.69) is 41.9 Å². The van der Waals surface area contributed by atoms with Gasteiger partial charge in [0, 0.05) is 10.0 Å². The second-order valence-corrected chi connectivity index (χ2v) is 5.97. The van der Waals surface area contributed by atoms with Crippen LogP contribution < -0.4 is 4.74 Å². The summed E-state index contributed by atoms with van der Waals surface area (Å²) in [4.78, 5) is 0. The molecule has 106 valence electrons. The van der Waals surface area contributed by atoms with Crippen molar-refractivity contribution in [2.45, 2.75) is 25.9 Å². The smallest absolute Gasteiger partial charge is 0.119 e. The van der Waals surface area contributed by atoms with Gasteiger partial charge in [0.2, 0.25) is 0 Å². The topological polar surface area (TPSA) is 29.5 Å². The fraction of sp³-hybridized carbons (Fsp3) is 0.294. The predicted molar refractivity (Wildman–Crippen MR) is 85.3 cm³/mol. The van der Waals surface area contributed by atoms with Crippen LogP contribution in [0, 0.1) is 0 Å². The van der Waals surface area contributed by atoms with Gasteiger partial charge in [-0.3, -0.25) is 0 Å². The number of hydrogen-bond donors (Lipinski definition) is 1. The van der Waals surface area contributed by atoms with E-state index < -0.39 is 6.10 Å². The quantitative estimate of drug-likeness (QED) is 0.880. The van der Waals surface area contributed by atoms with E-state index in [1.54, 1.807) is 7.11 Å². The molecule has 0 aliphatic heterocycles. The molecule has 0 bridgehead atoms. The third-order valence-electron chi connectivity index (χ3n) is 3.42. The second kappa shape index (κ2) is 6.42. The van der Waals surface area contributed by atoms with Gasteiger partial charge in [-0.15, -0.1) is 0 Å². The molecular weight excluding hydrogens is 316 g/mol. The van der Waals surface area contributed by atoms with Crippen LogP contribution in [-0.4, -0.2) is 12.2 Å². The van der Waals surface area contributed by atoms with Crippen LogP contribution in [0.25, 0.3) is 0 Å². The molecule has 3 heteroatoms. The molecule has 0 saturated heterocycles. The van der Waals surface area contributed by atoms with E-state index in [4.69, 9.17) is 4.74 Å². The van der Waals surface area contributed by atoms with E-state index in [9.17, 15) is 5.11 Å². The van der Waals surface area contributed by atoms with Gasteiger partial charge in [0.25, 0.3) is 0 Å². The minimum absolute atomic E-state index is 0.491. The highest BCUT2D eigenvalue weighted by molar-refractivity contribution is 9.10. The first kappa shape index (κ1) is 15.1. The van der Waals surface area contributed by atoms with Gasteiger partial charge in [-0.1, -0.05) is 54.0 Å². The molecule has 0 aromatic heterocycles. The van der Waals surface area contributed by atoms with Gasteiger partial charge >= 0.3 is 0 Å². The third kappa shape index (κ3) is 3.22. The van der Waals surface area contributed by atoms with Crippen LogP contribution in [0.4, 0.5) is 0 Å². The Labute approximate surface area is 128 Å². The summed E-state index contributed by atoms with van der Waals surface area (Å²) in [5.74, 6) is 1.23. The summed E-state index contributed by atoms with van der Waals surface area (Å²) >= 11 is 3.48. The normalized spacial score (nSPS) is 12.5. The van der Waals surface area contributed by atoms with Crippen LogP contribution in [0.15, 0.2) is 46.9 Å². The number of halogens is 1. The van der Waals surface area contributed by atoms with E-state index in [0.29, 0.717) is 5.92 Å². The molecule has 1 unspecified atom stereocenters. The first-order chi connectivity index (χ1) is 9.52. The van der Waals surface area contributed by atoms with Crippen molar-refractivity contribution in [3.8, 4) is 5.75 Å². The SMILES string of the molecule is COc1ccc(Br)c(C(O)c2ccc(C(C)C)cc2)c1. The summed E-state index contributed by atoms with van der Waals surface area (Å²) in [5.41, 5.74) is 2.95. The molecule has 2 aromatic carbocycles. The van der Waals surface area contributed by atoms with Crippen LogP contribution in [0.5, 0.6) is 5.75 Å². The Morgan fingerprint density at radius 1 is 1.00 bits per heavy atom. The Bertz CT molecular complexity index is 576. The van der Waals surface area contributed by atoms with Crippen LogP contribution in [0.2, 0.25) is 0 Å². The number of methoxy groups -OCH3 is 1. The molecule has 0 aliphatic rings. The van der Waals surface area contributed by atoms with E-state index in [1.807, 2.05) is 30.3 Å². The summed E-state index contributed by atoms with van der Waals surface area (Å²) in [6, 6.07) is 13.7. The van der Waals surface area contributed by atoms with Crippen molar-refractivity contribution in [1.29, 1.82) is 0 Å². The number of hydrogen-bond acceptors (Lipinski definition) is 2. The van der Waals surface area contributed by atoms with Gasteiger partial charge in [-0.05, 0) is 35.2 Å². The van der Waals surface area contributed by atoms with Gasteiger partial charge < -0.3 is 9.84 Å². The summed E-state index contributed by atoms with van der Waals surface area (Å²) in [5, 5.41) is 10.5. The molecule has 2 nitrogen and oxygen atoms in total. The molecular formula is C17H19BrO2. The highest BCUT2D eigenvalue weighted by atomic mass is 79.9. The molecule has 0 fully saturated rings. The fourth-order valence-electron chi connectivity index (χ4n) is 2.10.